The van der Waals surface area contributed by atoms with Gasteiger partial charge in [0.2, 0.25) is 0 Å². The predicted octanol–water partition coefficient (Wildman–Crippen LogP) is 4.01. The molecule has 106 valence electrons. The maximum Gasteiger partial charge on any atom is 0.129 e. The molecule has 0 amide bonds. The van der Waals surface area contributed by atoms with Gasteiger partial charge in [0, 0.05) is 17.7 Å². The summed E-state index contributed by atoms with van der Waals surface area (Å²) >= 11 is 6.08. The summed E-state index contributed by atoms with van der Waals surface area (Å²) in [5, 5.41) is 10.1. The van der Waals surface area contributed by atoms with E-state index in [4.69, 9.17) is 11.6 Å². The molecule has 0 aliphatic carbocycles. The third kappa shape index (κ3) is 3.78. The fourth-order valence-corrected chi connectivity index (χ4v) is 2.39. The van der Waals surface area contributed by atoms with Crippen molar-refractivity contribution in [1.29, 1.82) is 0 Å². The minimum absolute atomic E-state index is 0.0813. The van der Waals surface area contributed by atoms with Crippen molar-refractivity contribution < 1.29 is 13.9 Å². The lowest BCUT2D eigenvalue weighted by Crippen LogP contribution is -2.14. The second kappa shape index (κ2) is 6.82. The lowest BCUT2D eigenvalue weighted by molar-refractivity contribution is 0.224. The number of hydrogen-bond donors (Lipinski definition) is 1. The molecule has 2 rings (SSSR count). The highest BCUT2D eigenvalue weighted by Crippen LogP contribution is 2.22. The quantitative estimate of drug-likeness (QED) is 0.884. The summed E-state index contributed by atoms with van der Waals surface area (Å²) < 4.78 is 26.5. The van der Waals surface area contributed by atoms with Crippen LogP contribution in [-0.4, -0.2) is 11.7 Å². The number of rotatable bonds is 5. The van der Waals surface area contributed by atoms with E-state index >= 15 is 0 Å². The highest BCUT2D eigenvalue weighted by Gasteiger charge is 2.14. The van der Waals surface area contributed by atoms with Crippen molar-refractivity contribution in [3.05, 3.63) is 70.2 Å². The van der Waals surface area contributed by atoms with Gasteiger partial charge >= 0.3 is 0 Å². The van der Waals surface area contributed by atoms with Crippen molar-refractivity contribution in [1.82, 2.24) is 0 Å². The molecule has 2 aromatic carbocycles. The number of benzene rings is 2. The summed E-state index contributed by atoms with van der Waals surface area (Å²) in [6, 6.07) is 10.9. The van der Waals surface area contributed by atoms with Crippen LogP contribution in [0.2, 0.25) is 5.02 Å². The van der Waals surface area contributed by atoms with Crippen LogP contribution in [0.4, 0.5) is 8.78 Å². The third-order valence-corrected chi connectivity index (χ3v) is 3.62. The van der Waals surface area contributed by atoms with E-state index in [-0.39, 0.29) is 12.5 Å². The molecule has 1 nitrogen and oxygen atoms in total. The Kier molecular flexibility index (Phi) is 5.10. The maximum absolute atomic E-state index is 13.6. The van der Waals surface area contributed by atoms with E-state index in [0.29, 0.717) is 23.4 Å². The fraction of sp³-hybridized carbons (Fsp3) is 0.250. The molecule has 0 aliphatic heterocycles. The molecule has 0 spiro atoms. The first-order valence-electron chi connectivity index (χ1n) is 6.38. The molecule has 0 aliphatic rings. The Hall–Kier alpha value is -1.45. The van der Waals surface area contributed by atoms with Gasteiger partial charge in [-0.15, -0.1) is 0 Å². The topological polar surface area (TPSA) is 20.2 Å². The summed E-state index contributed by atoms with van der Waals surface area (Å²) in [6.45, 7) is -0.0813. The summed E-state index contributed by atoms with van der Waals surface area (Å²) in [5.74, 6) is -1.34. The van der Waals surface area contributed by atoms with Crippen LogP contribution in [-0.2, 0) is 12.8 Å². The van der Waals surface area contributed by atoms with Gasteiger partial charge in [-0.25, -0.2) is 8.78 Å². The third-order valence-electron chi connectivity index (χ3n) is 3.25. The van der Waals surface area contributed by atoms with Crippen LogP contribution in [0.15, 0.2) is 42.5 Å². The average Bonchev–Trinajstić information content (AvgIpc) is 2.43. The Morgan fingerprint density at radius 1 is 1.00 bits per heavy atom. The van der Waals surface area contributed by atoms with E-state index < -0.39 is 11.6 Å². The van der Waals surface area contributed by atoms with Gasteiger partial charge in [-0.2, -0.15) is 0 Å². The van der Waals surface area contributed by atoms with Crippen molar-refractivity contribution in [3.63, 3.8) is 0 Å². The number of aliphatic hydroxyl groups excluding tert-OH is 1. The van der Waals surface area contributed by atoms with Crippen LogP contribution in [0.25, 0.3) is 0 Å². The molecule has 0 aromatic heterocycles. The van der Waals surface area contributed by atoms with E-state index in [0.717, 1.165) is 11.6 Å². The average molecular weight is 297 g/mol. The molecule has 1 N–H and O–H groups in total. The van der Waals surface area contributed by atoms with Crippen molar-refractivity contribution in [2.75, 3.05) is 6.61 Å². The molecular weight excluding hydrogens is 282 g/mol. The first-order valence-corrected chi connectivity index (χ1v) is 6.76. The molecule has 0 saturated carbocycles. The molecule has 0 saturated heterocycles. The molecule has 0 heterocycles. The van der Waals surface area contributed by atoms with Crippen LogP contribution in [0.5, 0.6) is 0 Å². The van der Waals surface area contributed by atoms with Gasteiger partial charge in [0.1, 0.15) is 11.6 Å². The molecule has 0 fully saturated rings. The molecule has 4 heteroatoms. The molecule has 1 atom stereocenters. The van der Waals surface area contributed by atoms with E-state index in [2.05, 4.69) is 0 Å². The summed E-state index contributed by atoms with van der Waals surface area (Å²) in [4.78, 5) is 0. The predicted molar refractivity (Wildman–Crippen MR) is 75.8 cm³/mol. The molecule has 0 bridgehead atoms. The van der Waals surface area contributed by atoms with Gasteiger partial charge in [0.15, 0.2) is 0 Å². The maximum atomic E-state index is 13.6. The van der Waals surface area contributed by atoms with E-state index in [1.165, 1.54) is 12.1 Å². The van der Waals surface area contributed by atoms with Gasteiger partial charge in [-0.1, -0.05) is 35.9 Å². The lowest BCUT2D eigenvalue weighted by atomic mass is 9.93. The summed E-state index contributed by atoms with van der Waals surface area (Å²) in [5.41, 5.74) is 1.31. The Labute approximate surface area is 121 Å². The molecule has 20 heavy (non-hydrogen) atoms. The van der Waals surface area contributed by atoms with E-state index in [1.54, 1.807) is 6.07 Å². The molecule has 1 unspecified atom stereocenters. The molecular formula is C16H15ClF2O. The number of hydrogen-bond acceptors (Lipinski definition) is 1. The standard InChI is InChI=1S/C16H15ClF2O/c17-15-4-2-1-3-12(15)7-11(10-20)8-13-5-6-14(18)9-16(13)19/h1-6,9,11,20H,7-8,10H2. The van der Waals surface area contributed by atoms with Crippen LogP contribution in [0, 0.1) is 17.6 Å². The van der Waals surface area contributed by atoms with Gasteiger partial charge in [0.25, 0.3) is 0 Å². The van der Waals surface area contributed by atoms with Crippen molar-refractivity contribution >= 4 is 11.6 Å². The smallest absolute Gasteiger partial charge is 0.129 e. The minimum Gasteiger partial charge on any atom is -0.396 e. The zero-order valence-corrected chi connectivity index (χ0v) is 11.6. The number of aliphatic hydroxyl groups is 1. The SMILES string of the molecule is OCC(Cc1ccc(F)cc1F)Cc1ccccc1Cl. The monoisotopic (exact) mass is 296 g/mol. The highest BCUT2D eigenvalue weighted by molar-refractivity contribution is 6.31. The molecule has 0 radical (unpaired) electrons. The fourth-order valence-electron chi connectivity index (χ4n) is 2.17. The van der Waals surface area contributed by atoms with E-state index in [1.807, 2.05) is 18.2 Å². The normalized spacial score (nSPS) is 12.4. The first-order chi connectivity index (χ1) is 9.60. The van der Waals surface area contributed by atoms with Gasteiger partial charge in [-0.05, 0) is 42.0 Å². The number of halogens is 3. The minimum atomic E-state index is -0.599. The Balaban J connectivity index is 2.11. The summed E-state index contributed by atoms with van der Waals surface area (Å²) in [7, 11) is 0. The van der Waals surface area contributed by atoms with Crippen molar-refractivity contribution in [3.8, 4) is 0 Å². The second-order valence-electron chi connectivity index (χ2n) is 4.78. The lowest BCUT2D eigenvalue weighted by Gasteiger charge is -2.15. The zero-order chi connectivity index (χ0) is 14.5. The van der Waals surface area contributed by atoms with Gasteiger partial charge < -0.3 is 5.11 Å². The largest absolute Gasteiger partial charge is 0.396 e. The Morgan fingerprint density at radius 3 is 2.35 bits per heavy atom. The zero-order valence-electron chi connectivity index (χ0n) is 10.8. The van der Waals surface area contributed by atoms with Crippen molar-refractivity contribution in [2.45, 2.75) is 12.8 Å². The Morgan fingerprint density at radius 2 is 1.70 bits per heavy atom. The van der Waals surface area contributed by atoms with Gasteiger partial charge in [0.05, 0.1) is 0 Å². The van der Waals surface area contributed by atoms with Crippen molar-refractivity contribution in [2.24, 2.45) is 5.92 Å². The van der Waals surface area contributed by atoms with Crippen LogP contribution >= 0.6 is 11.6 Å². The Bertz CT molecular complexity index is 586. The first kappa shape index (κ1) is 14.9. The second-order valence-corrected chi connectivity index (χ2v) is 5.19. The molecule has 2 aromatic rings. The van der Waals surface area contributed by atoms with E-state index in [9.17, 15) is 13.9 Å². The summed E-state index contributed by atoms with van der Waals surface area (Å²) in [6.07, 6.45) is 0.890. The highest BCUT2D eigenvalue weighted by atomic mass is 35.5. The van der Waals surface area contributed by atoms with Crippen LogP contribution in [0.1, 0.15) is 11.1 Å². The van der Waals surface area contributed by atoms with Crippen LogP contribution in [0.3, 0.4) is 0 Å². The van der Waals surface area contributed by atoms with Crippen LogP contribution < -0.4 is 0 Å². The van der Waals surface area contributed by atoms with Gasteiger partial charge in [-0.3, -0.25) is 0 Å².